The van der Waals surface area contributed by atoms with Gasteiger partial charge in [0.1, 0.15) is 0 Å². The van der Waals surface area contributed by atoms with Gasteiger partial charge in [-0.25, -0.2) is 4.98 Å². The number of imidazole rings is 1. The highest BCUT2D eigenvalue weighted by Crippen LogP contribution is 2.20. The maximum absolute atomic E-state index is 12.2. The van der Waals surface area contributed by atoms with Gasteiger partial charge in [-0.2, -0.15) is 0 Å². The molecule has 0 bridgehead atoms. The van der Waals surface area contributed by atoms with Crippen LogP contribution >= 0.6 is 15.9 Å². The average Bonchev–Trinajstić information content (AvgIpc) is 2.90. The fourth-order valence-electron chi connectivity index (χ4n) is 1.97. The lowest BCUT2D eigenvalue weighted by Crippen LogP contribution is -2.13. The summed E-state index contributed by atoms with van der Waals surface area (Å²) in [6, 6.07) is 11.3. The third kappa shape index (κ3) is 2.82. The molecule has 0 spiro atoms. The number of rotatable bonds is 3. The number of carbonyl (C=O) groups is 1. The quantitative estimate of drug-likeness (QED) is 0.551. The van der Waals surface area contributed by atoms with Crippen molar-refractivity contribution in [2.45, 2.75) is 0 Å². The number of H-pyrrole nitrogens is 1. The number of nitro benzene ring substituents is 1. The molecule has 0 atom stereocenters. The smallest absolute Gasteiger partial charge is 0.291 e. The summed E-state index contributed by atoms with van der Waals surface area (Å²) < 4.78 is 0.838. The SMILES string of the molecule is O=C(Nc1cccc(Br)c1)c1nc2cc([N+](=O)[O-])ccc2[nH]1. The fraction of sp³-hybridized carbons (Fsp3) is 0. The molecule has 0 aliphatic carbocycles. The van der Waals surface area contributed by atoms with Crippen LogP contribution in [0.5, 0.6) is 0 Å². The third-order valence-corrected chi connectivity index (χ3v) is 3.47. The number of halogens is 1. The first-order valence-electron chi connectivity index (χ1n) is 6.24. The summed E-state index contributed by atoms with van der Waals surface area (Å²) in [6.45, 7) is 0. The normalized spacial score (nSPS) is 10.6. The lowest BCUT2D eigenvalue weighted by molar-refractivity contribution is -0.384. The zero-order chi connectivity index (χ0) is 15.7. The van der Waals surface area contributed by atoms with Crippen molar-refractivity contribution in [3.63, 3.8) is 0 Å². The first-order chi connectivity index (χ1) is 10.5. The lowest BCUT2D eigenvalue weighted by Gasteiger charge is -2.02. The molecule has 0 radical (unpaired) electrons. The third-order valence-electron chi connectivity index (χ3n) is 2.98. The van der Waals surface area contributed by atoms with E-state index in [4.69, 9.17) is 0 Å². The van der Waals surface area contributed by atoms with Crippen LogP contribution < -0.4 is 5.32 Å². The van der Waals surface area contributed by atoms with E-state index in [0.29, 0.717) is 16.7 Å². The van der Waals surface area contributed by atoms with Crippen LogP contribution in [0.4, 0.5) is 11.4 Å². The zero-order valence-corrected chi connectivity index (χ0v) is 12.6. The molecule has 3 rings (SSSR count). The molecule has 0 fully saturated rings. The Labute approximate surface area is 132 Å². The molecule has 0 aliphatic rings. The number of hydrogen-bond donors (Lipinski definition) is 2. The maximum Gasteiger partial charge on any atom is 0.291 e. The van der Waals surface area contributed by atoms with Crippen LogP contribution in [0.25, 0.3) is 11.0 Å². The maximum atomic E-state index is 12.2. The summed E-state index contributed by atoms with van der Waals surface area (Å²) >= 11 is 3.32. The topological polar surface area (TPSA) is 101 Å². The van der Waals surface area contributed by atoms with E-state index in [1.165, 1.54) is 18.2 Å². The van der Waals surface area contributed by atoms with Crippen LogP contribution in [0.1, 0.15) is 10.6 Å². The highest BCUT2D eigenvalue weighted by Gasteiger charge is 2.14. The average molecular weight is 361 g/mol. The van der Waals surface area contributed by atoms with Gasteiger partial charge in [0.05, 0.1) is 16.0 Å². The highest BCUT2D eigenvalue weighted by atomic mass is 79.9. The van der Waals surface area contributed by atoms with Gasteiger partial charge in [0.15, 0.2) is 5.82 Å². The molecule has 22 heavy (non-hydrogen) atoms. The van der Waals surface area contributed by atoms with Crippen molar-refractivity contribution < 1.29 is 9.72 Å². The molecule has 8 heteroatoms. The predicted octanol–water partition coefficient (Wildman–Crippen LogP) is 3.49. The van der Waals surface area contributed by atoms with Crippen molar-refractivity contribution >= 4 is 44.2 Å². The Morgan fingerprint density at radius 2 is 2.09 bits per heavy atom. The molecule has 2 N–H and O–H groups in total. The molecule has 2 aromatic carbocycles. The van der Waals surface area contributed by atoms with E-state index in [1.54, 1.807) is 18.2 Å². The van der Waals surface area contributed by atoms with E-state index >= 15 is 0 Å². The summed E-state index contributed by atoms with van der Waals surface area (Å²) in [5, 5.41) is 13.4. The van der Waals surface area contributed by atoms with E-state index in [0.717, 1.165) is 4.47 Å². The van der Waals surface area contributed by atoms with Crippen molar-refractivity contribution in [1.82, 2.24) is 9.97 Å². The molecule has 0 saturated carbocycles. The molecular formula is C14H9BrN4O3. The van der Waals surface area contributed by atoms with Gasteiger partial charge in [-0.15, -0.1) is 0 Å². The minimum absolute atomic E-state index is 0.0713. The number of aromatic nitrogens is 2. The van der Waals surface area contributed by atoms with Crippen molar-refractivity contribution in [2.75, 3.05) is 5.32 Å². The van der Waals surface area contributed by atoms with Gasteiger partial charge in [-0.3, -0.25) is 14.9 Å². The number of benzene rings is 2. The first-order valence-corrected chi connectivity index (χ1v) is 7.03. The molecule has 0 aliphatic heterocycles. The minimum Gasteiger partial charge on any atom is -0.334 e. The Hall–Kier alpha value is -2.74. The van der Waals surface area contributed by atoms with Gasteiger partial charge in [0, 0.05) is 22.3 Å². The van der Waals surface area contributed by atoms with Gasteiger partial charge >= 0.3 is 0 Å². The van der Waals surface area contributed by atoms with Crippen LogP contribution in [-0.4, -0.2) is 20.8 Å². The Balaban J connectivity index is 1.89. The second kappa shape index (κ2) is 5.57. The Morgan fingerprint density at radius 1 is 1.27 bits per heavy atom. The van der Waals surface area contributed by atoms with Gasteiger partial charge in [-0.1, -0.05) is 22.0 Å². The summed E-state index contributed by atoms with van der Waals surface area (Å²) in [7, 11) is 0. The van der Waals surface area contributed by atoms with Crippen LogP contribution in [0.2, 0.25) is 0 Å². The largest absolute Gasteiger partial charge is 0.334 e. The van der Waals surface area contributed by atoms with Gasteiger partial charge in [-0.05, 0) is 24.3 Å². The zero-order valence-electron chi connectivity index (χ0n) is 11.0. The van der Waals surface area contributed by atoms with Crippen LogP contribution in [0.3, 0.4) is 0 Å². The van der Waals surface area contributed by atoms with Gasteiger partial charge in [0.2, 0.25) is 0 Å². The van der Waals surface area contributed by atoms with E-state index < -0.39 is 10.8 Å². The number of nitro groups is 1. The van der Waals surface area contributed by atoms with E-state index in [-0.39, 0.29) is 11.5 Å². The molecular weight excluding hydrogens is 352 g/mol. The van der Waals surface area contributed by atoms with Crippen LogP contribution in [0.15, 0.2) is 46.9 Å². The predicted molar refractivity (Wildman–Crippen MR) is 84.8 cm³/mol. The summed E-state index contributed by atoms with van der Waals surface area (Å²) in [6.07, 6.45) is 0. The molecule has 1 amide bonds. The van der Waals surface area contributed by atoms with E-state index in [1.807, 2.05) is 6.07 Å². The Kier molecular flexibility index (Phi) is 3.60. The number of aromatic amines is 1. The number of carbonyl (C=O) groups excluding carboxylic acids is 1. The Morgan fingerprint density at radius 3 is 2.82 bits per heavy atom. The Bertz CT molecular complexity index is 891. The second-order valence-corrected chi connectivity index (χ2v) is 5.42. The van der Waals surface area contributed by atoms with Crippen molar-refractivity contribution in [2.24, 2.45) is 0 Å². The molecule has 0 saturated heterocycles. The van der Waals surface area contributed by atoms with Crippen molar-refractivity contribution in [1.29, 1.82) is 0 Å². The number of nitrogens with one attached hydrogen (secondary N) is 2. The van der Waals surface area contributed by atoms with E-state index in [9.17, 15) is 14.9 Å². The van der Waals surface area contributed by atoms with Gasteiger partial charge < -0.3 is 10.3 Å². The summed E-state index contributed by atoms with van der Waals surface area (Å²) in [5.41, 5.74) is 1.47. The molecule has 3 aromatic rings. The number of amides is 1. The molecule has 7 nitrogen and oxygen atoms in total. The number of nitrogens with zero attached hydrogens (tertiary/aromatic N) is 2. The lowest BCUT2D eigenvalue weighted by atomic mass is 10.3. The molecule has 110 valence electrons. The second-order valence-electron chi connectivity index (χ2n) is 4.51. The number of hydrogen-bond acceptors (Lipinski definition) is 4. The van der Waals surface area contributed by atoms with Crippen molar-refractivity contribution in [3.8, 4) is 0 Å². The van der Waals surface area contributed by atoms with Gasteiger partial charge in [0.25, 0.3) is 11.6 Å². The molecule has 1 heterocycles. The molecule has 1 aromatic heterocycles. The van der Waals surface area contributed by atoms with Crippen LogP contribution in [0, 0.1) is 10.1 Å². The minimum atomic E-state index is -0.505. The monoisotopic (exact) mass is 360 g/mol. The first kappa shape index (κ1) is 14.2. The number of fused-ring (bicyclic) bond motifs is 1. The summed E-state index contributed by atoms with van der Waals surface area (Å²) in [4.78, 5) is 29.3. The van der Waals surface area contributed by atoms with Crippen molar-refractivity contribution in [3.05, 3.63) is 62.9 Å². The number of anilines is 1. The standard InChI is InChI=1S/C14H9BrN4O3/c15-8-2-1-3-9(6-8)16-14(20)13-17-11-5-4-10(19(21)22)7-12(11)18-13/h1-7H,(H,16,20)(H,17,18). The molecule has 0 unspecified atom stereocenters. The highest BCUT2D eigenvalue weighted by molar-refractivity contribution is 9.10. The number of non-ortho nitro benzene ring substituents is 1. The summed E-state index contributed by atoms with van der Waals surface area (Å²) in [5.74, 6) is -0.326. The fourth-order valence-corrected chi connectivity index (χ4v) is 2.37. The van der Waals surface area contributed by atoms with E-state index in [2.05, 4.69) is 31.2 Å². The van der Waals surface area contributed by atoms with Crippen LogP contribution in [-0.2, 0) is 0 Å².